The van der Waals surface area contributed by atoms with Gasteiger partial charge in [0.15, 0.2) is 0 Å². The molecule has 15 heteroatoms. The van der Waals surface area contributed by atoms with Crippen LogP contribution in [0, 0.1) is 5.92 Å². The summed E-state index contributed by atoms with van der Waals surface area (Å²) in [5.41, 5.74) is 1.11. The third-order valence-corrected chi connectivity index (χ3v) is 7.88. The van der Waals surface area contributed by atoms with E-state index in [-0.39, 0.29) is 37.3 Å². The van der Waals surface area contributed by atoms with Crippen molar-refractivity contribution in [1.82, 2.24) is 24.5 Å². The van der Waals surface area contributed by atoms with E-state index in [0.29, 0.717) is 41.6 Å². The number of esters is 1. The lowest BCUT2D eigenvalue weighted by atomic mass is 9.83. The molecule has 1 saturated carbocycles. The molecule has 2 aliphatic rings. The van der Waals surface area contributed by atoms with Gasteiger partial charge in [-0.15, -0.1) is 26.6 Å². The highest BCUT2D eigenvalue weighted by molar-refractivity contribution is 7.17. The van der Waals surface area contributed by atoms with Gasteiger partial charge in [-0.25, -0.2) is 13.9 Å². The summed E-state index contributed by atoms with van der Waals surface area (Å²) in [6.45, 7) is -1.12. The molecule has 0 aliphatic heterocycles. The number of carbonyl (C=O) groups excluding carboxylic acids is 2. The molecule has 2 aliphatic carbocycles. The van der Waals surface area contributed by atoms with Gasteiger partial charge in [0.05, 0.1) is 12.2 Å². The predicted molar refractivity (Wildman–Crippen MR) is 131 cm³/mol. The van der Waals surface area contributed by atoms with Gasteiger partial charge in [-0.1, -0.05) is 0 Å². The van der Waals surface area contributed by atoms with Crippen LogP contribution in [-0.2, 0) is 29.4 Å². The first kappa shape index (κ1) is 26.0. The van der Waals surface area contributed by atoms with Crippen LogP contribution in [0.25, 0.3) is 0 Å². The van der Waals surface area contributed by atoms with Crippen molar-refractivity contribution in [2.45, 2.75) is 57.9 Å². The SMILES string of the molecule is CCOC(=O)c1c(NC(=O)C2CC(F)C2)sc2c1C[C@@H](n1cnnc1Nc1cc(OC(F)F)nn1C)CC2. The average Bonchev–Trinajstić information content (AvgIpc) is 3.53. The summed E-state index contributed by atoms with van der Waals surface area (Å²) in [4.78, 5) is 26.6. The van der Waals surface area contributed by atoms with E-state index in [1.807, 2.05) is 4.57 Å². The van der Waals surface area contributed by atoms with Crippen LogP contribution in [0.1, 0.15) is 53.0 Å². The lowest BCUT2D eigenvalue weighted by molar-refractivity contribution is -0.124. The topological polar surface area (TPSA) is 125 Å². The summed E-state index contributed by atoms with van der Waals surface area (Å²) >= 11 is 1.34. The molecule has 0 unspecified atom stereocenters. The average molecular weight is 554 g/mol. The van der Waals surface area contributed by atoms with Gasteiger partial charge in [0, 0.05) is 30.0 Å². The quantitative estimate of drug-likeness (QED) is 0.381. The van der Waals surface area contributed by atoms with Crippen molar-refractivity contribution in [1.29, 1.82) is 0 Å². The number of hydrogen-bond donors (Lipinski definition) is 2. The molecule has 11 nitrogen and oxygen atoms in total. The molecule has 204 valence electrons. The highest BCUT2D eigenvalue weighted by Crippen LogP contribution is 2.43. The van der Waals surface area contributed by atoms with E-state index >= 15 is 0 Å². The molecule has 2 N–H and O–H groups in total. The fourth-order valence-corrected chi connectivity index (χ4v) is 5.94. The molecule has 38 heavy (non-hydrogen) atoms. The number of alkyl halides is 3. The zero-order valence-corrected chi connectivity index (χ0v) is 21.4. The minimum Gasteiger partial charge on any atom is -0.462 e. The van der Waals surface area contributed by atoms with Crippen LogP contribution in [-0.4, -0.2) is 55.8 Å². The summed E-state index contributed by atoms with van der Waals surface area (Å²) in [6.07, 6.45) is 2.74. The smallest absolute Gasteiger partial charge is 0.388 e. The fourth-order valence-electron chi connectivity index (χ4n) is 4.71. The fraction of sp³-hybridized carbons (Fsp3) is 0.522. The zero-order valence-electron chi connectivity index (χ0n) is 20.6. The van der Waals surface area contributed by atoms with Gasteiger partial charge in [-0.2, -0.15) is 8.78 Å². The first-order valence-electron chi connectivity index (χ1n) is 12.1. The Bertz CT molecular complexity index is 1330. The molecule has 0 aromatic carbocycles. The maximum absolute atomic E-state index is 13.3. The lowest BCUT2D eigenvalue weighted by Crippen LogP contribution is -2.35. The largest absolute Gasteiger partial charge is 0.462 e. The van der Waals surface area contributed by atoms with E-state index in [1.165, 1.54) is 22.1 Å². The number of carbonyl (C=O) groups is 2. The van der Waals surface area contributed by atoms with E-state index in [9.17, 15) is 22.8 Å². The molecule has 0 bridgehead atoms. The van der Waals surface area contributed by atoms with Gasteiger partial charge >= 0.3 is 12.6 Å². The number of amides is 1. The lowest BCUT2D eigenvalue weighted by Gasteiger charge is -2.28. The first-order valence-corrected chi connectivity index (χ1v) is 13.0. The Hall–Kier alpha value is -3.62. The first-order chi connectivity index (χ1) is 18.2. The van der Waals surface area contributed by atoms with Crippen LogP contribution in [0.2, 0.25) is 0 Å². The number of anilines is 3. The normalized spacial score (nSPS) is 20.5. The van der Waals surface area contributed by atoms with Crippen LogP contribution in [0.15, 0.2) is 12.4 Å². The van der Waals surface area contributed by atoms with Crippen molar-refractivity contribution >= 4 is 40.0 Å². The van der Waals surface area contributed by atoms with Crippen molar-refractivity contribution in [2.75, 3.05) is 17.2 Å². The maximum atomic E-state index is 13.3. The van der Waals surface area contributed by atoms with Crippen molar-refractivity contribution in [3.63, 3.8) is 0 Å². The van der Waals surface area contributed by atoms with Crippen LogP contribution in [0.3, 0.4) is 0 Å². The van der Waals surface area contributed by atoms with Crippen LogP contribution in [0.4, 0.5) is 29.9 Å². The molecule has 3 heterocycles. The molecule has 0 radical (unpaired) electrons. The highest BCUT2D eigenvalue weighted by atomic mass is 32.1. The number of aryl methyl sites for hydroxylation is 2. The second-order valence-electron chi connectivity index (χ2n) is 9.14. The number of hydrogen-bond acceptors (Lipinski definition) is 9. The van der Waals surface area contributed by atoms with E-state index in [1.54, 1.807) is 20.3 Å². The monoisotopic (exact) mass is 553 g/mol. The van der Waals surface area contributed by atoms with Crippen molar-refractivity contribution in [3.8, 4) is 5.88 Å². The minimum absolute atomic E-state index is 0.143. The van der Waals surface area contributed by atoms with Gasteiger partial charge in [-0.05, 0) is 44.6 Å². The summed E-state index contributed by atoms with van der Waals surface area (Å²) in [5, 5.41) is 18.3. The molecule has 0 saturated heterocycles. The molecule has 3 aromatic rings. The van der Waals surface area contributed by atoms with Gasteiger partial charge < -0.3 is 20.1 Å². The predicted octanol–water partition coefficient (Wildman–Crippen LogP) is 4.01. The third kappa shape index (κ3) is 5.19. The number of fused-ring (bicyclic) bond motifs is 1. The molecule has 3 aromatic heterocycles. The standard InChI is InChI=1S/C23H26F3N7O4S/c1-3-36-21(35)18-14-8-13(4-5-15(14)38-20(18)29-19(34)11-6-12(24)7-11)33-10-27-30-23(33)28-16-9-17(31-32(16)2)37-22(25)26/h9-13,22H,3-8H2,1-2H3,(H,28,30)(H,29,34)/t11?,12?,13-/m0/s1. The summed E-state index contributed by atoms with van der Waals surface area (Å²) < 4.78 is 51.2. The van der Waals surface area contributed by atoms with Crippen molar-refractivity contribution < 1.29 is 32.2 Å². The maximum Gasteiger partial charge on any atom is 0.388 e. The molecule has 1 amide bonds. The number of nitrogens with zero attached hydrogens (tertiary/aromatic N) is 5. The van der Waals surface area contributed by atoms with Crippen LogP contribution < -0.4 is 15.4 Å². The third-order valence-electron chi connectivity index (χ3n) is 6.68. The number of ether oxygens (including phenoxy) is 2. The number of rotatable bonds is 9. The van der Waals surface area contributed by atoms with Crippen molar-refractivity contribution in [2.24, 2.45) is 13.0 Å². The number of nitrogens with one attached hydrogen (secondary N) is 2. The highest BCUT2D eigenvalue weighted by Gasteiger charge is 2.37. The second kappa shape index (κ2) is 10.6. The molecular weight excluding hydrogens is 527 g/mol. The Balaban J connectivity index is 1.38. The van der Waals surface area contributed by atoms with Gasteiger partial charge in [0.2, 0.25) is 17.7 Å². The molecular formula is C23H26F3N7O4S. The van der Waals surface area contributed by atoms with E-state index in [0.717, 1.165) is 10.4 Å². The van der Waals surface area contributed by atoms with Gasteiger partial charge in [0.25, 0.3) is 0 Å². The Labute approximate surface area is 219 Å². The summed E-state index contributed by atoms with van der Waals surface area (Å²) in [7, 11) is 1.57. The Morgan fingerprint density at radius 3 is 2.82 bits per heavy atom. The van der Waals surface area contributed by atoms with Crippen LogP contribution in [0.5, 0.6) is 5.88 Å². The summed E-state index contributed by atoms with van der Waals surface area (Å²) in [5.74, 6) is -0.744. The molecule has 0 spiro atoms. The Morgan fingerprint density at radius 2 is 2.11 bits per heavy atom. The van der Waals surface area contributed by atoms with E-state index < -0.39 is 24.7 Å². The van der Waals surface area contributed by atoms with Crippen LogP contribution >= 0.6 is 11.3 Å². The van der Waals surface area contributed by atoms with Gasteiger partial charge in [0.1, 0.15) is 23.3 Å². The minimum atomic E-state index is -3.00. The Kier molecular flexibility index (Phi) is 7.27. The van der Waals surface area contributed by atoms with E-state index in [4.69, 9.17) is 4.74 Å². The molecule has 1 atom stereocenters. The number of aromatic nitrogens is 5. The Morgan fingerprint density at radius 1 is 1.32 bits per heavy atom. The number of halogens is 3. The van der Waals surface area contributed by atoms with E-state index in [2.05, 4.69) is 30.7 Å². The summed E-state index contributed by atoms with van der Waals surface area (Å²) in [6, 6.07) is 1.18. The number of thiophene rings is 1. The molecule has 1 fully saturated rings. The molecule has 5 rings (SSSR count). The van der Waals surface area contributed by atoms with Crippen molar-refractivity contribution in [3.05, 3.63) is 28.4 Å². The second-order valence-corrected chi connectivity index (χ2v) is 10.2. The zero-order chi connectivity index (χ0) is 27.0. The van der Waals surface area contributed by atoms with Gasteiger partial charge in [-0.3, -0.25) is 9.36 Å².